The summed E-state index contributed by atoms with van der Waals surface area (Å²) in [6.07, 6.45) is 1.64. The molecule has 0 saturated carbocycles. The highest BCUT2D eigenvalue weighted by molar-refractivity contribution is 5.89. The van der Waals surface area contributed by atoms with Gasteiger partial charge in [-0.3, -0.25) is 0 Å². The molecule has 7 nitrogen and oxygen atoms in total. The van der Waals surface area contributed by atoms with Crippen molar-refractivity contribution in [3.8, 4) is 0 Å². The molecule has 0 unspecified atom stereocenters. The van der Waals surface area contributed by atoms with Crippen LogP contribution in [0.2, 0.25) is 0 Å². The first-order valence-corrected chi connectivity index (χ1v) is 4.95. The van der Waals surface area contributed by atoms with E-state index in [9.17, 15) is 4.79 Å². The van der Waals surface area contributed by atoms with Crippen LogP contribution in [0.1, 0.15) is 21.9 Å². The smallest absolute Gasteiger partial charge is 0.355 e. The topological polar surface area (TPSA) is 96.2 Å². The van der Waals surface area contributed by atoms with Crippen LogP contribution in [0.4, 0.5) is 5.69 Å². The third-order valence-electron chi connectivity index (χ3n) is 2.32. The van der Waals surface area contributed by atoms with Crippen molar-refractivity contribution in [2.75, 3.05) is 5.73 Å². The molecule has 7 heteroatoms. The minimum absolute atomic E-state index is 0.0270. The first-order chi connectivity index (χ1) is 8.08. The molecule has 17 heavy (non-hydrogen) atoms. The van der Waals surface area contributed by atoms with Gasteiger partial charge >= 0.3 is 5.97 Å². The predicted molar refractivity (Wildman–Crippen MR) is 58.0 cm³/mol. The van der Waals surface area contributed by atoms with E-state index < -0.39 is 5.97 Å². The molecule has 2 aromatic heterocycles. The van der Waals surface area contributed by atoms with Gasteiger partial charge in [0.1, 0.15) is 23.7 Å². The van der Waals surface area contributed by atoms with Gasteiger partial charge in [-0.05, 0) is 13.0 Å². The van der Waals surface area contributed by atoms with E-state index in [0.717, 1.165) is 0 Å². The molecular formula is C10H12N4O3. The van der Waals surface area contributed by atoms with E-state index in [1.165, 1.54) is 0 Å². The van der Waals surface area contributed by atoms with Crippen molar-refractivity contribution in [3.63, 3.8) is 0 Å². The molecular weight excluding hydrogens is 224 g/mol. The second-order valence-corrected chi connectivity index (χ2v) is 3.64. The molecule has 2 rings (SSSR count). The third kappa shape index (κ3) is 2.27. The van der Waals surface area contributed by atoms with E-state index in [0.29, 0.717) is 22.8 Å². The second-order valence-electron chi connectivity index (χ2n) is 3.64. The molecule has 0 aliphatic heterocycles. The van der Waals surface area contributed by atoms with Gasteiger partial charge in [-0.1, -0.05) is 10.3 Å². The lowest BCUT2D eigenvalue weighted by Crippen LogP contribution is -2.10. The van der Waals surface area contributed by atoms with E-state index in [4.69, 9.17) is 10.5 Å². The number of hydrogen-bond acceptors (Lipinski definition) is 6. The SMILES string of the molecule is Cc1nonc1COC(=O)c1cc(N)cn1C. The van der Waals surface area contributed by atoms with Crippen molar-refractivity contribution in [2.45, 2.75) is 13.5 Å². The number of hydrogen-bond donors (Lipinski definition) is 1. The summed E-state index contributed by atoms with van der Waals surface area (Å²) in [7, 11) is 1.72. The molecule has 0 amide bonds. The Hall–Kier alpha value is -2.31. The zero-order valence-electron chi connectivity index (χ0n) is 9.51. The monoisotopic (exact) mass is 236 g/mol. The Morgan fingerprint density at radius 3 is 2.88 bits per heavy atom. The van der Waals surface area contributed by atoms with Crippen LogP contribution in [0.25, 0.3) is 0 Å². The first kappa shape index (κ1) is 11.2. The Labute approximate surface area is 97.1 Å². The van der Waals surface area contributed by atoms with Gasteiger partial charge in [-0.15, -0.1) is 0 Å². The lowest BCUT2D eigenvalue weighted by Gasteiger charge is -2.03. The van der Waals surface area contributed by atoms with Crippen molar-refractivity contribution >= 4 is 11.7 Å². The van der Waals surface area contributed by atoms with E-state index in [-0.39, 0.29) is 6.61 Å². The molecule has 0 atom stereocenters. The fourth-order valence-electron chi connectivity index (χ4n) is 1.38. The Morgan fingerprint density at radius 2 is 2.35 bits per heavy atom. The van der Waals surface area contributed by atoms with Crippen LogP contribution >= 0.6 is 0 Å². The number of ether oxygens (including phenoxy) is 1. The summed E-state index contributed by atoms with van der Waals surface area (Å²) in [5.74, 6) is -0.466. The summed E-state index contributed by atoms with van der Waals surface area (Å²) in [6.45, 7) is 1.75. The van der Waals surface area contributed by atoms with E-state index in [2.05, 4.69) is 14.9 Å². The largest absolute Gasteiger partial charge is 0.454 e. The van der Waals surface area contributed by atoms with Gasteiger partial charge in [0, 0.05) is 13.2 Å². The molecule has 0 aromatic carbocycles. The number of aryl methyl sites for hydroxylation is 2. The zero-order chi connectivity index (χ0) is 12.4. The van der Waals surface area contributed by atoms with Gasteiger partial charge in [0.25, 0.3) is 0 Å². The summed E-state index contributed by atoms with van der Waals surface area (Å²) in [5, 5.41) is 7.20. The molecule has 0 saturated heterocycles. The van der Waals surface area contributed by atoms with Crippen LogP contribution in [0.3, 0.4) is 0 Å². The summed E-state index contributed by atoms with van der Waals surface area (Å²) in [6, 6.07) is 1.55. The lowest BCUT2D eigenvalue weighted by molar-refractivity contribution is 0.0452. The predicted octanol–water partition coefficient (Wildman–Crippen LogP) is 0.656. The highest BCUT2D eigenvalue weighted by atomic mass is 16.6. The highest BCUT2D eigenvalue weighted by Crippen LogP contribution is 2.11. The van der Waals surface area contributed by atoms with E-state index >= 15 is 0 Å². The van der Waals surface area contributed by atoms with Gasteiger partial charge in [-0.2, -0.15) is 0 Å². The van der Waals surface area contributed by atoms with Crippen molar-refractivity contribution in [1.29, 1.82) is 0 Å². The van der Waals surface area contributed by atoms with Crippen LogP contribution in [0, 0.1) is 6.92 Å². The van der Waals surface area contributed by atoms with Crippen molar-refractivity contribution < 1.29 is 14.2 Å². The number of aromatic nitrogens is 3. The van der Waals surface area contributed by atoms with Crippen LogP contribution in [0.5, 0.6) is 0 Å². The summed E-state index contributed by atoms with van der Waals surface area (Å²) >= 11 is 0. The number of esters is 1. The number of nitrogens with zero attached hydrogens (tertiary/aromatic N) is 3. The maximum absolute atomic E-state index is 11.7. The number of carbonyl (C=O) groups is 1. The molecule has 0 aliphatic carbocycles. The van der Waals surface area contributed by atoms with Gasteiger partial charge in [0.05, 0.1) is 5.69 Å². The Morgan fingerprint density at radius 1 is 1.59 bits per heavy atom. The number of nitrogen functional groups attached to an aromatic ring is 1. The van der Waals surface area contributed by atoms with E-state index in [1.54, 1.807) is 30.8 Å². The standard InChI is InChI=1S/C10H12N4O3/c1-6-8(13-17-12-6)5-16-10(15)9-3-7(11)4-14(9)2/h3-4H,5,11H2,1-2H3. The summed E-state index contributed by atoms with van der Waals surface area (Å²) in [5.41, 5.74) is 7.57. The van der Waals surface area contributed by atoms with Crippen LogP contribution in [0.15, 0.2) is 16.9 Å². The lowest BCUT2D eigenvalue weighted by atomic mass is 10.3. The molecule has 90 valence electrons. The minimum Gasteiger partial charge on any atom is -0.454 e. The van der Waals surface area contributed by atoms with Gasteiger partial charge in [-0.25, -0.2) is 9.42 Å². The Balaban J connectivity index is 2.03. The molecule has 0 radical (unpaired) electrons. The summed E-state index contributed by atoms with van der Waals surface area (Å²) in [4.78, 5) is 11.7. The fourth-order valence-corrected chi connectivity index (χ4v) is 1.38. The molecule has 0 aliphatic rings. The molecule has 2 heterocycles. The average molecular weight is 236 g/mol. The Bertz CT molecular complexity index is 543. The highest BCUT2D eigenvalue weighted by Gasteiger charge is 2.14. The third-order valence-corrected chi connectivity index (χ3v) is 2.32. The van der Waals surface area contributed by atoms with Crippen LogP contribution < -0.4 is 5.73 Å². The first-order valence-electron chi connectivity index (χ1n) is 4.95. The van der Waals surface area contributed by atoms with Crippen molar-refractivity contribution in [2.24, 2.45) is 7.05 Å². The maximum atomic E-state index is 11.7. The average Bonchev–Trinajstić information content (AvgIpc) is 2.81. The van der Waals surface area contributed by atoms with Crippen molar-refractivity contribution in [1.82, 2.24) is 14.9 Å². The van der Waals surface area contributed by atoms with Crippen LogP contribution in [-0.2, 0) is 18.4 Å². The normalized spacial score (nSPS) is 10.5. The Kier molecular flexibility index (Phi) is 2.82. The second kappa shape index (κ2) is 4.28. The maximum Gasteiger partial charge on any atom is 0.355 e. The summed E-state index contributed by atoms with van der Waals surface area (Å²) < 4.78 is 11.2. The molecule has 2 N–H and O–H groups in total. The van der Waals surface area contributed by atoms with Crippen molar-refractivity contribution in [3.05, 3.63) is 29.3 Å². The molecule has 0 spiro atoms. The van der Waals surface area contributed by atoms with Crippen LogP contribution in [-0.4, -0.2) is 20.8 Å². The van der Waals surface area contributed by atoms with Gasteiger partial charge < -0.3 is 15.0 Å². The fraction of sp³-hybridized carbons (Fsp3) is 0.300. The van der Waals surface area contributed by atoms with E-state index in [1.807, 2.05) is 0 Å². The van der Waals surface area contributed by atoms with Gasteiger partial charge in [0.2, 0.25) is 0 Å². The minimum atomic E-state index is -0.466. The number of rotatable bonds is 3. The number of nitrogens with two attached hydrogens (primary N) is 1. The molecule has 2 aromatic rings. The molecule has 0 fully saturated rings. The molecule has 0 bridgehead atoms. The number of anilines is 1. The quantitative estimate of drug-likeness (QED) is 0.786. The zero-order valence-corrected chi connectivity index (χ0v) is 9.51. The van der Waals surface area contributed by atoms with Gasteiger partial charge in [0.15, 0.2) is 0 Å². The number of carbonyl (C=O) groups excluding carboxylic acids is 1.